The van der Waals surface area contributed by atoms with E-state index in [9.17, 15) is 9.90 Å². The lowest BCUT2D eigenvalue weighted by molar-refractivity contribution is -0.910. The molecule has 9 heteroatoms. The van der Waals surface area contributed by atoms with Crippen LogP contribution in [0.4, 0.5) is 10.7 Å². The Kier molecular flexibility index (Phi) is 8.31. The minimum Gasteiger partial charge on any atom is -0.489 e. The predicted octanol–water partition coefficient (Wildman–Crippen LogP) is 5.24. The zero-order chi connectivity index (χ0) is 26.8. The zero-order valence-corrected chi connectivity index (χ0v) is 23.5. The summed E-state index contributed by atoms with van der Waals surface area (Å²) >= 11 is 6.65. The summed E-state index contributed by atoms with van der Waals surface area (Å²) in [6.07, 6.45) is 5.90. The second kappa shape index (κ2) is 11.1. The minimum absolute atomic E-state index is 0.0905. The Morgan fingerprint density at radius 1 is 1.16 bits per heavy atom. The van der Waals surface area contributed by atoms with Gasteiger partial charge in [-0.3, -0.25) is 4.90 Å². The van der Waals surface area contributed by atoms with Gasteiger partial charge in [-0.05, 0) is 57.4 Å². The van der Waals surface area contributed by atoms with Gasteiger partial charge in [0.15, 0.2) is 0 Å². The molecule has 0 saturated carbocycles. The molecule has 0 bridgehead atoms. The van der Waals surface area contributed by atoms with Gasteiger partial charge in [-0.15, -0.1) is 0 Å². The summed E-state index contributed by atoms with van der Waals surface area (Å²) in [5.74, 6) is 1.50. The minimum atomic E-state index is -0.740. The van der Waals surface area contributed by atoms with Gasteiger partial charge in [0.1, 0.15) is 30.5 Å². The molecule has 2 saturated heterocycles. The topological polar surface area (TPSA) is 78.8 Å². The predicted molar refractivity (Wildman–Crippen MR) is 146 cm³/mol. The van der Waals surface area contributed by atoms with Crippen molar-refractivity contribution in [2.75, 3.05) is 37.6 Å². The van der Waals surface area contributed by atoms with Gasteiger partial charge in [-0.1, -0.05) is 24.6 Å². The van der Waals surface area contributed by atoms with Crippen LogP contribution in [0.5, 0.6) is 5.75 Å². The highest BCUT2D eigenvalue weighted by Gasteiger charge is 2.51. The summed E-state index contributed by atoms with van der Waals surface area (Å²) in [4.78, 5) is 25.8. The number of rotatable bonds is 6. The van der Waals surface area contributed by atoms with Crippen LogP contribution in [0.2, 0.25) is 5.02 Å². The third-order valence-electron chi connectivity index (χ3n) is 8.12. The van der Waals surface area contributed by atoms with Crippen molar-refractivity contribution >= 4 is 23.6 Å². The van der Waals surface area contributed by atoms with E-state index in [1.54, 1.807) is 0 Å². The van der Waals surface area contributed by atoms with E-state index in [1.165, 1.54) is 0 Å². The van der Waals surface area contributed by atoms with Crippen molar-refractivity contribution in [2.24, 2.45) is 0 Å². The van der Waals surface area contributed by atoms with Gasteiger partial charge in [-0.2, -0.15) is 4.79 Å². The van der Waals surface area contributed by atoms with Crippen LogP contribution >= 0.6 is 11.6 Å². The molecule has 3 heterocycles. The summed E-state index contributed by atoms with van der Waals surface area (Å²) in [5, 5.41) is 10.6. The third kappa shape index (κ3) is 6.02. The Bertz CT molecular complexity index is 1080. The molecule has 1 N–H and O–H groups in total. The molecular formula is C28H41ClN5O3+. The number of halogens is 1. The number of piperidine rings is 1. The lowest BCUT2D eigenvalue weighted by atomic mass is 9.97. The number of hydrogen-bond donors (Lipinski definition) is 1. The van der Waals surface area contributed by atoms with Crippen LogP contribution in [-0.4, -0.2) is 81.0 Å². The van der Waals surface area contributed by atoms with Crippen LogP contribution in [0.15, 0.2) is 30.6 Å². The molecule has 1 aromatic carbocycles. The first kappa shape index (κ1) is 27.6. The number of carboxylic acid groups (broad SMARTS) is 1. The smallest absolute Gasteiger partial charge is 0.489 e. The molecule has 2 unspecified atom stereocenters. The number of anilines is 1. The van der Waals surface area contributed by atoms with Crippen molar-refractivity contribution in [3.63, 3.8) is 0 Å². The molecule has 1 amide bonds. The molecule has 0 spiro atoms. The maximum Gasteiger partial charge on any atom is 0.514 e. The van der Waals surface area contributed by atoms with Crippen molar-refractivity contribution in [3.05, 3.63) is 46.7 Å². The molecule has 202 valence electrons. The number of aryl methyl sites for hydroxylation is 1. The van der Waals surface area contributed by atoms with E-state index in [0.717, 1.165) is 62.5 Å². The quantitative estimate of drug-likeness (QED) is 0.512. The zero-order valence-electron chi connectivity index (χ0n) is 22.8. The molecule has 0 aliphatic carbocycles. The molecule has 4 rings (SSSR count). The van der Waals surface area contributed by atoms with Gasteiger partial charge in [-0.25, -0.2) is 14.5 Å². The van der Waals surface area contributed by atoms with Crippen molar-refractivity contribution in [2.45, 2.75) is 78.1 Å². The monoisotopic (exact) mass is 530 g/mol. The maximum absolute atomic E-state index is 12.2. The van der Waals surface area contributed by atoms with Crippen LogP contribution in [0.25, 0.3) is 0 Å². The molecule has 2 atom stereocenters. The SMILES string of the molecule is CCc1cnc(N2CCC(Oc3ccc(CN4CC[N+](C(=O)O)(C(C)(C)C)CC4C)cc3Cl)CC2)nc1. The maximum atomic E-state index is 12.2. The number of benzene rings is 1. The van der Waals surface area contributed by atoms with Gasteiger partial charge in [0, 0.05) is 51.4 Å². The summed E-state index contributed by atoms with van der Waals surface area (Å²) in [5.41, 5.74) is 1.90. The molecule has 0 radical (unpaired) electrons. The molecule has 1 aromatic heterocycles. The summed E-state index contributed by atoms with van der Waals surface area (Å²) < 4.78 is 6.37. The highest BCUT2D eigenvalue weighted by atomic mass is 35.5. The summed E-state index contributed by atoms with van der Waals surface area (Å²) in [6, 6.07) is 6.17. The summed E-state index contributed by atoms with van der Waals surface area (Å²) in [7, 11) is 0. The number of hydrogen-bond acceptors (Lipinski definition) is 6. The van der Waals surface area contributed by atoms with Gasteiger partial charge >= 0.3 is 6.09 Å². The van der Waals surface area contributed by atoms with E-state index in [0.29, 0.717) is 23.9 Å². The van der Waals surface area contributed by atoms with Gasteiger partial charge in [0.05, 0.1) is 11.1 Å². The van der Waals surface area contributed by atoms with Gasteiger partial charge < -0.3 is 14.7 Å². The van der Waals surface area contributed by atoms with Crippen molar-refractivity contribution in [1.82, 2.24) is 14.9 Å². The molecule has 2 aliphatic heterocycles. The van der Waals surface area contributed by atoms with E-state index >= 15 is 0 Å². The number of aromatic nitrogens is 2. The fourth-order valence-corrected chi connectivity index (χ4v) is 5.75. The average molecular weight is 531 g/mol. The Balaban J connectivity index is 1.32. The second-order valence-corrected chi connectivity index (χ2v) is 11.9. The normalized spacial score (nSPS) is 23.7. The highest BCUT2D eigenvalue weighted by Crippen LogP contribution is 2.32. The largest absolute Gasteiger partial charge is 0.514 e. The van der Waals surface area contributed by atoms with Crippen LogP contribution in [0.1, 0.15) is 58.6 Å². The lowest BCUT2D eigenvalue weighted by Crippen LogP contribution is -2.71. The van der Waals surface area contributed by atoms with Gasteiger partial charge in [0.2, 0.25) is 5.95 Å². The van der Waals surface area contributed by atoms with Crippen LogP contribution in [0.3, 0.4) is 0 Å². The number of amides is 1. The number of nitrogens with zero attached hydrogens (tertiary/aromatic N) is 5. The van der Waals surface area contributed by atoms with E-state index in [1.807, 2.05) is 45.3 Å². The fourth-order valence-electron chi connectivity index (χ4n) is 5.50. The van der Waals surface area contributed by atoms with Crippen molar-refractivity contribution in [3.8, 4) is 5.75 Å². The fraction of sp³-hybridized carbons (Fsp3) is 0.607. The molecule has 8 nitrogen and oxygen atoms in total. The van der Waals surface area contributed by atoms with Crippen LogP contribution in [0, 0.1) is 0 Å². The van der Waals surface area contributed by atoms with E-state index in [4.69, 9.17) is 16.3 Å². The average Bonchev–Trinajstić information content (AvgIpc) is 2.86. The third-order valence-corrected chi connectivity index (χ3v) is 8.41. The first-order valence-corrected chi connectivity index (χ1v) is 13.8. The number of piperazine rings is 1. The van der Waals surface area contributed by atoms with Crippen LogP contribution in [-0.2, 0) is 13.0 Å². The van der Waals surface area contributed by atoms with Crippen molar-refractivity contribution < 1.29 is 19.1 Å². The second-order valence-electron chi connectivity index (χ2n) is 11.5. The number of carbonyl (C=O) groups is 1. The standard InChI is InChI=1S/C28H40ClN5O3/c1-6-21-16-30-26(31-17-21)32-11-9-23(10-12-32)37-25-8-7-22(15-24(25)29)18-33-13-14-34(27(35)36,19-20(33)2)28(3,4)5/h7-8,15-17,20,23H,6,9-14,18-19H2,1-5H3/p+1. The molecule has 2 aromatic rings. The number of ether oxygens (including phenoxy) is 1. The highest BCUT2D eigenvalue weighted by molar-refractivity contribution is 6.32. The summed E-state index contributed by atoms with van der Waals surface area (Å²) in [6.45, 7) is 14.6. The Labute approximate surface area is 225 Å². The Hall–Kier alpha value is -2.42. The Morgan fingerprint density at radius 2 is 1.84 bits per heavy atom. The van der Waals surface area contributed by atoms with E-state index < -0.39 is 6.09 Å². The first-order chi connectivity index (χ1) is 17.5. The first-order valence-electron chi connectivity index (χ1n) is 13.4. The number of quaternary nitrogens is 1. The molecule has 37 heavy (non-hydrogen) atoms. The molecule has 2 aliphatic rings. The molecule has 2 fully saturated rings. The lowest BCUT2D eigenvalue weighted by Gasteiger charge is -2.50. The van der Waals surface area contributed by atoms with Gasteiger partial charge in [0.25, 0.3) is 0 Å². The van der Waals surface area contributed by atoms with Crippen LogP contribution < -0.4 is 9.64 Å². The Morgan fingerprint density at radius 3 is 2.38 bits per heavy atom. The van der Waals surface area contributed by atoms with E-state index in [2.05, 4.69) is 39.7 Å². The van der Waals surface area contributed by atoms with Crippen molar-refractivity contribution in [1.29, 1.82) is 0 Å². The van der Waals surface area contributed by atoms with E-state index in [-0.39, 0.29) is 22.2 Å². The molecular weight excluding hydrogens is 490 g/mol.